The smallest absolute Gasteiger partial charge is 0.277 e. The third kappa shape index (κ3) is 4.66. The fraction of sp³-hybridized carbons (Fsp3) is 0.320. The van der Waals surface area contributed by atoms with E-state index in [0.717, 1.165) is 5.56 Å². The Kier molecular flexibility index (Phi) is 6.18. The van der Waals surface area contributed by atoms with Gasteiger partial charge in [0.25, 0.3) is 15.6 Å². The molecule has 0 amide bonds. The molecule has 0 bridgehead atoms. The summed E-state index contributed by atoms with van der Waals surface area (Å²) in [6.07, 6.45) is 0. The van der Waals surface area contributed by atoms with Crippen molar-refractivity contribution in [2.75, 3.05) is 11.3 Å². The highest BCUT2D eigenvalue weighted by atomic mass is 32.2. The molecule has 35 heavy (non-hydrogen) atoms. The molecule has 0 spiro atoms. The first-order valence-electron chi connectivity index (χ1n) is 11.3. The van der Waals surface area contributed by atoms with Gasteiger partial charge in [-0.2, -0.15) is 5.10 Å². The molecule has 0 atom stereocenters. The second-order valence-corrected chi connectivity index (χ2v) is 11.0. The summed E-state index contributed by atoms with van der Waals surface area (Å²) in [6, 6.07) is 11.6. The molecule has 2 aromatic carbocycles. The van der Waals surface area contributed by atoms with Crippen LogP contribution in [0.5, 0.6) is 5.75 Å². The molecule has 4 aromatic rings. The zero-order valence-electron chi connectivity index (χ0n) is 20.6. The van der Waals surface area contributed by atoms with Crippen LogP contribution in [-0.4, -0.2) is 34.8 Å². The molecule has 9 nitrogen and oxygen atoms in total. The van der Waals surface area contributed by atoms with Crippen molar-refractivity contribution in [1.82, 2.24) is 19.7 Å². The van der Waals surface area contributed by atoms with Crippen LogP contribution in [0.15, 0.2) is 52.2 Å². The number of para-hydroxylation sites is 1. The van der Waals surface area contributed by atoms with Gasteiger partial charge in [-0.25, -0.2) is 13.4 Å². The van der Waals surface area contributed by atoms with E-state index in [1.165, 1.54) is 16.8 Å². The standard InChI is InChI=1S/C25H29N5O4S/c1-7-34-19-13-12-16(35(32,33)29-18-11-9-8-10-15(18)2)14-17(19)23-26-20-21(24(31)27-23)30(6)28-22(20)25(3,4)5/h8-14,29H,7H2,1-6H3,(H,26,27,31). The van der Waals surface area contributed by atoms with Gasteiger partial charge in [0.05, 0.1) is 28.4 Å². The van der Waals surface area contributed by atoms with E-state index in [2.05, 4.69) is 14.8 Å². The summed E-state index contributed by atoms with van der Waals surface area (Å²) in [6.45, 7) is 9.99. The fourth-order valence-electron chi connectivity index (χ4n) is 3.85. The van der Waals surface area contributed by atoms with E-state index in [4.69, 9.17) is 9.72 Å². The minimum absolute atomic E-state index is 0.0178. The number of aromatic nitrogens is 4. The summed E-state index contributed by atoms with van der Waals surface area (Å²) in [7, 11) is -2.22. The van der Waals surface area contributed by atoms with Gasteiger partial charge in [0.1, 0.15) is 17.1 Å². The van der Waals surface area contributed by atoms with E-state index in [9.17, 15) is 13.2 Å². The molecule has 0 unspecified atom stereocenters. The van der Waals surface area contributed by atoms with E-state index < -0.39 is 10.0 Å². The van der Waals surface area contributed by atoms with Gasteiger partial charge in [-0.1, -0.05) is 39.0 Å². The normalized spacial score (nSPS) is 12.2. The summed E-state index contributed by atoms with van der Waals surface area (Å²) in [5, 5.41) is 4.52. The van der Waals surface area contributed by atoms with Gasteiger partial charge in [-0.05, 0) is 43.7 Å². The summed E-state index contributed by atoms with van der Waals surface area (Å²) in [4.78, 5) is 20.6. The van der Waals surface area contributed by atoms with Crippen molar-refractivity contribution in [1.29, 1.82) is 0 Å². The number of H-pyrrole nitrogens is 1. The Hall–Kier alpha value is -3.66. The van der Waals surface area contributed by atoms with Crippen LogP contribution in [0.3, 0.4) is 0 Å². The lowest BCUT2D eigenvalue weighted by Gasteiger charge is -2.16. The Morgan fingerprint density at radius 2 is 1.86 bits per heavy atom. The maximum atomic E-state index is 13.2. The number of sulfonamides is 1. The van der Waals surface area contributed by atoms with Crippen molar-refractivity contribution in [2.24, 2.45) is 7.05 Å². The number of aryl methyl sites for hydroxylation is 2. The third-order valence-corrected chi connectivity index (χ3v) is 6.97. The predicted molar refractivity (Wildman–Crippen MR) is 136 cm³/mol. The Bertz CT molecular complexity index is 1580. The highest BCUT2D eigenvalue weighted by Gasteiger charge is 2.26. The third-order valence-electron chi connectivity index (χ3n) is 5.61. The van der Waals surface area contributed by atoms with Crippen molar-refractivity contribution in [2.45, 2.75) is 44.9 Å². The molecule has 10 heteroatoms. The van der Waals surface area contributed by atoms with Crippen molar-refractivity contribution in [3.05, 3.63) is 64.1 Å². The molecule has 2 N–H and O–H groups in total. The van der Waals surface area contributed by atoms with Crippen LogP contribution in [0.25, 0.3) is 22.4 Å². The topological polar surface area (TPSA) is 119 Å². The van der Waals surface area contributed by atoms with Crippen molar-refractivity contribution < 1.29 is 13.2 Å². The second kappa shape index (κ2) is 8.84. The fourth-order valence-corrected chi connectivity index (χ4v) is 5.00. The number of ether oxygens (including phenoxy) is 1. The number of fused-ring (bicyclic) bond motifs is 1. The van der Waals surface area contributed by atoms with E-state index in [0.29, 0.717) is 40.3 Å². The van der Waals surface area contributed by atoms with E-state index >= 15 is 0 Å². The molecule has 184 valence electrons. The number of nitrogens with one attached hydrogen (secondary N) is 2. The Morgan fingerprint density at radius 1 is 1.14 bits per heavy atom. The van der Waals surface area contributed by atoms with Gasteiger partial charge in [0.2, 0.25) is 0 Å². The number of nitrogens with zero attached hydrogens (tertiary/aromatic N) is 3. The van der Waals surface area contributed by atoms with Crippen LogP contribution in [-0.2, 0) is 22.5 Å². The lowest BCUT2D eigenvalue weighted by molar-refractivity contribution is 0.341. The minimum atomic E-state index is -3.92. The van der Waals surface area contributed by atoms with Gasteiger partial charge in [-0.15, -0.1) is 0 Å². The van der Waals surface area contributed by atoms with E-state index in [-0.39, 0.29) is 21.7 Å². The zero-order chi connectivity index (χ0) is 25.5. The Morgan fingerprint density at radius 3 is 2.51 bits per heavy atom. The molecule has 2 heterocycles. The van der Waals surface area contributed by atoms with E-state index in [1.54, 1.807) is 25.2 Å². The van der Waals surface area contributed by atoms with Crippen LogP contribution in [0.1, 0.15) is 39.0 Å². The molecule has 0 fully saturated rings. The van der Waals surface area contributed by atoms with Crippen LogP contribution in [0.4, 0.5) is 5.69 Å². The predicted octanol–water partition coefficient (Wildman–Crippen LogP) is 4.13. The van der Waals surface area contributed by atoms with Crippen LogP contribution in [0, 0.1) is 6.92 Å². The first kappa shape index (κ1) is 24.5. The lowest BCUT2D eigenvalue weighted by Crippen LogP contribution is -2.16. The van der Waals surface area contributed by atoms with Crippen LogP contribution < -0.4 is 15.0 Å². The maximum Gasteiger partial charge on any atom is 0.277 e. The van der Waals surface area contributed by atoms with Crippen molar-refractivity contribution >= 4 is 26.7 Å². The molecule has 2 aromatic heterocycles. The van der Waals surface area contributed by atoms with Gasteiger partial charge in [-0.3, -0.25) is 14.2 Å². The molecular formula is C25H29N5O4S. The summed E-state index contributed by atoms with van der Waals surface area (Å²) >= 11 is 0. The number of rotatable bonds is 6. The largest absolute Gasteiger partial charge is 0.493 e. The first-order valence-corrected chi connectivity index (χ1v) is 12.7. The quantitative estimate of drug-likeness (QED) is 0.415. The van der Waals surface area contributed by atoms with Gasteiger partial charge in [0.15, 0.2) is 5.52 Å². The number of anilines is 1. The van der Waals surface area contributed by atoms with Gasteiger partial charge in [0, 0.05) is 12.5 Å². The number of hydrogen-bond acceptors (Lipinski definition) is 6. The summed E-state index contributed by atoms with van der Waals surface area (Å²) in [5.41, 5.74) is 2.40. The molecule has 4 rings (SSSR count). The highest BCUT2D eigenvalue weighted by Crippen LogP contribution is 2.33. The number of benzene rings is 2. The maximum absolute atomic E-state index is 13.2. The highest BCUT2D eigenvalue weighted by molar-refractivity contribution is 7.92. The van der Waals surface area contributed by atoms with Crippen LogP contribution in [0.2, 0.25) is 0 Å². The summed E-state index contributed by atoms with van der Waals surface area (Å²) < 4.78 is 36.3. The van der Waals surface area contributed by atoms with Crippen molar-refractivity contribution in [3.63, 3.8) is 0 Å². The zero-order valence-corrected chi connectivity index (χ0v) is 21.4. The molecule has 0 saturated heterocycles. The van der Waals surface area contributed by atoms with Crippen LogP contribution >= 0.6 is 0 Å². The lowest BCUT2D eigenvalue weighted by atomic mass is 9.91. The molecular weight excluding hydrogens is 466 g/mol. The molecule has 0 aliphatic rings. The number of hydrogen-bond donors (Lipinski definition) is 2. The molecule has 0 aliphatic heterocycles. The Balaban J connectivity index is 1.90. The van der Waals surface area contributed by atoms with Gasteiger partial charge >= 0.3 is 0 Å². The SMILES string of the molecule is CCOc1ccc(S(=O)(=O)Nc2ccccc2C)cc1-c1nc2c(C(C)(C)C)nn(C)c2c(=O)[nH]1. The second-order valence-electron chi connectivity index (χ2n) is 9.35. The molecule has 0 aliphatic carbocycles. The van der Waals surface area contributed by atoms with Crippen molar-refractivity contribution in [3.8, 4) is 17.1 Å². The monoisotopic (exact) mass is 495 g/mol. The van der Waals surface area contributed by atoms with E-state index in [1.807, 2.05) is 46.8 Å². The summed E-state index contributed by atoms with van der Waals surface area (Å²) in [5.74, 6) is 0.614. The average molecular weight is 496 g/mol. The molecule has 0 radical (unpaired) electrons. The minimum Gasteiger partial charge on any atom is -0.493 e. The number of aromatic amines is 1. The van der Waals surface area contributed by atoms with Gasteiger partial charge < -0.3 is 9.72 Å². The Labute approximate surface area is 204 Å². The first-order chi connectivity index (χ1) is 16.4. The molecule has 0 saturated carbocycles. The average Bonchev–Trinajstić information content (AvgIpc) is 3.13.